The van der Waals surface area contributed by atoms with Crippen LogP contribution in [0.1, 0.15) is 44.8 Å². The molecule has 1 atom stereocenters. The second kappa shape index (κ2) is 11.0. The standard InChI is InChI=1S/C29H30Cl2N4O2/c1-3-37-27-10-6-5-9-24(27)29-34(23-15-16-26(25(31)19-23)33-17-7-4-8-18-33)28(20(2)36)32-35(29)22-13-11-21(30)12-14-22/h5-6,9-16,19,29H,3-4,7-8,17-18H2,1-2H3/t29-/m1/s1. The zero-order chi connectivity index (χ0) is 25.9. The van der Waals surface area contributed by atoms with E-state index in [1.165, 1.54) is 13.3 Å². The van der Waals surface area contributed by atoms with Crippen molar-refractivity contribution < 1.29 is 9.53 Å². The number of Topliss-reactive ketones (excluding diaryl/α,β-unsaturated/α-hetero) is 1. The third-order valence-corrected chi connectivity index (χ3v) is 7.27. The van der Waals surface area contributed by atoms with Gasteiger partial charge in [-0.05, 0) is 74.7 Å². The summed E-state index contributed by atoms with van der Waals surface area (Å²) in [5.74, 6) is 0.912. The van der Waals surface area contributed by atoms with Gasteiger partial charge in [-0.1, -0.05) is 41.4 Å². The number of para-hydroxylation sites is 1. The Morgan fingerprint density at radius 2 is 1.68 bits per heavy atom. The van der Waals surface area contributed by atoms with Gasteiger partial charge in [-0.25, -0.2) is 5.01 Å². The van der Waals surface area contributed by atoms with Gasteiger partial charge in [0.15, 0.2) is 17.8 Å². The molecule has 8 heteroatoms. The number of piperidine rings is 1. The average molecular weight is 537 g/mol. The summed E-state index contributed by atoms with van der Waals surface area (Å²) in [5, 5.41) is 7.95. The van der Waals surface area contributed by atoms with Crippen molar-refractivity contribution in [1.82, 2.24) is 0 Å². The zero-order valence-electron chi connectivity index (χ0n) is 21.0. The van der Waals surface area contributed by atoms with E-state index in [2.05, 4.69) is 11.0 Å². The summed E-state index contributed by atoms with van der Waals surface area (Å²) >= 11 is 13.0. The van der Waals surface area contributed by atoms with Gasteiger partial charge in [-0.2, -0.15) is 0 Å². The van der Waals surface area contributed by atoms with E-state index in [-0.39, 0.29) is 5.78 Å². The molecule has 0 unspecified atom stereocenters. The van der Waals surface area contributed by atoms with Crippen molar-refractivity contribution in [2.24, 2.45) is 5.10 Å². The van der Waals surface area contributed by atoms with E-state index in [4.69, 9.17) is 33.0 Å². The third kappa shape index (κ3) is 5.13. The van der Waals surface area contributed by atoms with Crippen LogP contribution in [0.5, 0.6) is 5.75 Å². The summed E-state index contributed by atoms with van der Waals surface area (Å²) in [6, 6.07) is 21.3. The maximum atomic E-state index is 13.0. The molecular weight excluding hydrogens is 507 g/mol. The van der Waals surface area contributed by atoms with E-state index < -0.39 is 6.17 Å². The Balaban J connectivity index is 1.64. The number of ketones is 1. The molecule has 0 aromatic heterocycles. The highest BCUT2D eigenvalue weighted by atomic mass is 35.5. The van der Waals surface area contributed by atoms with Crippen LogP contribution in [-0.4, -0.2) is 31.3 Å². The number of ether oxygens (including phenoxy) is 1. The molecule has 0 N–H and O–H groups in total. The lowest BCUT2D eigenvalue weighted by Gasteiger charge is -2.34. The second-order valence-electron chi connectivity index (χ2n) is 9.20. The predicted octanol–water partition coefficient (Wildman–Crippen LogP) is 7.31. The molecule has 2 heterocycles. The van der Waals surface area contributed by atoms with E-state index in [1.54, 1.807) is 0 Å². The minimum atomic E-state index is -0.472. The summed E-state index contributed by atoms with van der Waals surface area (Å²) in [5.41, 5.74) is 3.49. The molecular formula is C29H30Cl2N4O2. The summed E-state index contributed by atoms with van der Waals surface area (Å²) in [7, 11) is 0. The highest BCUT2D eigenvalue weighted by Gasteiger charge is 2.40. The number of rotatable bonds is 7. The third-order valence-electron chi connectivity index (χ3n) is 6.72. The topological polar surface area (TPSA) is 48.4 Å². The molecule has 5 rings (SSSR count). The highest BCUT2D eigenvalue weighted by molar-refractivity contribution is 6.44. The van der Waals surface area contributed by atoms with Gasteiger partial charge in [0.2, 0.25) is 0 Å². The van der Waals surface area contributed by atoms with Crippen LogP contribution in [0.3, 0.4) is 0 Å². The van der Waals surface area contributed by atoms with Crippen LogP contribution >= 0.6 is 23.2 Å². The first-order chi connectivity index (χ1) is 18.0. The van der Waals surface area contributed by atoms with E-state index in [1.807, 2.05) is 77.5 Å². The molecule has 0 aliphatic carbocycles. The fourth-order valence-electron chi connectivity index (χ4n) is 5.01. The van der Waals surface area contributed by atoms with Crippen LogP contribution in [0.4, 0.5) is 17.1 Å². The number of carbonyl (C=O) groups is 1. The number of anilines is 3. The van der Waals surface area contributed by atoms with Gasteiger partial charge >= 0.3 is 0 Å². The van der Waals surface area contributed by atoms with Gasteiger partial charge in [0, 0.05) is 36.3 Å². The lowest BCUT2D eigenvalue weighted by molar-refractivity contribution is -0.111. The number of amidine groups is 1. The maximum Gasteiger partial charge on any atom is 0.198 e. The molecule has 0 radical (unpaired) electrons. The molecule has 0 saturated carbocycles. The fourth-order valence-corrected chi connectivity index (χ4v) is 5.44. The van der Waals surface area contributed by atoms with Crippen molar-refractivity contribution in [2.45, 2.75) is 39.3 Å². The highest BCUT2D eigenvalue weighted by Crippen LogP contribution is 2.44. The smallest absolute Gasteiger partial charge is 0.198 e. The Morgan fingerprint density at radius 1 is 0.973 bits per heavy atom. The largest absolute Gasteiger partial charge is 0.493 e. The molecule has 0 amide bonds. The Labute approximate surface area is 228 Å². The number of halogens is 2. The van der Waals surface area contributed by atoms with Crippen molar-refractivity contribution in [3.8, 4) is 5.75 Å². The van der Waals surface area contributed by atoms with Crippen LogP contribution in [0.15, 0.2) is 71.8 Å². The summed E-state index contributed by atoms with van der Waals surface area (Å²) < 4.78 is 6.01. The van der Waals surface area contributed by atoms with Crippen molar-refractivity contribution in [3.05, 3.63) is 82.3 Å². The Hall–Kier alpha value is -3.22. The van der Waals surface area contributed by atoms with E-state index in [0.717, 1.165) is 54.3 Å². The normalized spacial score (nSPS) is 17.7. The number of nitrogens with zero attached hydrogens (tertiary/aromatic N) is 4. The molecule has 0 spiro atoms. The molecule has 2 aliphatic heterocycles. The molecule has 2 aliphatic rings. The van der Waals surface area contributed by atoms with Crippen molar-refractivity contribution in [2.75, 3.05) is 34.5 Å². The fraction of sp³-hybridized carbons (Fsp3) is 0.310. The first-order valence-electron chi connectivity index (χ1n) is 12.7. The Morgan fingerprint density at radius 3 is 2.35 bits per heavy atom. The molecule has 1 saturated heterocycles. The Bertz CT molecular complexity index is 1310. The number of hydrazone groups is 1. The van der Waals surface area contributed by atoms with Crippen LogP contribution in [0.25, 0.3) is 0 Å². The van der Waals surface area contributed by atoms with Crippen molar-refractivity contribution in [3.63, 3.8) is 0 Å². The first-order valence-corrected chi connectivity index (χ1v) is 13.4. The minimum Gasteiger partial charge on any atom is -0.493 e. The van der Waals surface area contributed by atoms with Crippen LogP contribution in [0, 0.1) is 0 Å². The van der Waals surface area contributed by atoms with E-state index in [0.29, 0.717) is 22.5 Å². The molecule has 1 fully saturated rings. The minimum absolute atomic E-state index is 0.147. The average Bonchev–Trinajstić information content (AvgIpc) is 3.31. The summed E-state index contributed by atoms with van der Waals surface area (Å²) in [6.07, 6.45) is 3.11. The number of hydrogen-bond donors (Lipinski definition) is 0. The van der Waals surface area contributed by atoms with Crippen LogP contribution in [-0.2, 0) is 4.79 Å². The molecule has 3 aromatic carbocycles. The molecule has 37 heavy (non-hydrogen) atoms. The quantitative estimate of drug-likeness (QED) is 0.316. The molecule has 0 bridgehead atoms. The van der Waals surface area contributed by atoms with Crippen molar-refractivity contribution >= 4 is 51.9 Å². The number of carbonyl (C=O) groups excluding carboxylic acids is 1. The molecule has 3 aromatic rings. The maximum absolute atomic E-state index is 13.0. The van der Waals surface area contributed by atoms with Crippen molar-refractivity contribution in [1.29, 1.82) is 0 Å². The lowest BCUT2D eigenvalue weighted by Crippen LogP contribution is -2.38. The van der Waals surface area contributed by atoms with Gasteiger partial charge < -0.3 is 9.64 Å². The van der Waals surface area contributed by atoms with Gasteiger partial charge in [0.25, 0.3) is 0 Å². The van der Waals surface area contributed by atoms with E-state index >= 15 is 0 Å². The van der Waals surface area contributed by atoms with E-state index in [9.17, 15) is 4.79 Å². The summed E-state index contributed by atoms with van der Waals surface area (Å²) in [6.45, 7) is 6.00. The Kier molecular flexibility index (Phi) is 7.58. The first kappa shape index (κ1) is 25.4. The van der Waals surface area contributed by atoms with Gasteiger partial charge in [0.1, 0.15) is 5.75 Å². The molecule has 6 nitrogen and oxygen atoms in total. The van der Waals surface area contributed by atoms with Gasteiger partial charge in [0.05, 0.1) is 23.0 Å². The summed E-state index contributed by atoms with van der Waals surface area (Å²) in [4.78, 5) is 17.2. The zero-order valence-corrected chi connectivity index (χ0v) is 22.5. The lowest BCUT2D eigenvalue weighted by atomic mass is 10.1. The predicted molar refractivity (Wildman–Crippen MR) is 152 cm³/mol. The van der Waals surface area contributed by atoms with Crippen LogP contribution in [0.2, 0.25) is 10.0 Å². The molecule has 192 valence electrons. The second-order valence-corrected chi connectivity index (χ2v) is 10.0. The SMILES string of the molecule is CCOc1ccccc1[C@H]1N(c2ccc(Cl)cc2)N=C(C(C)=O)N1c1ccc(N2CCCCC2)c(Cl)c1. The monoisotopic (exact) mass is 536 g/mol. The van der Waals surface area contributed by atoms with Gasteiger partial charge in [-0.15, -0.1) is 5.10 Å². The number of benzene rings is 3. The van der Waals surface area contributed by atoms with Crippen LogP contribution < -0.4 is 19.5 Å². The van der Waals surface area contributed by atoms with Gasteiger partial charge in [-0.3, -0.25) is 9.69 Å². The number of hydrogen-bond acceptors (Lipinski definition) is 6.